The van der Waals surface area contributed by atoms with Crippen LogP contribution in [0.15, 0.2) is 18.2 Å². The first-order valence-corrected chi connectivity index (χ1v) is 5.75. The largest absolute Gasteiger partial charge is 0.493 e. The zero-order chi connectivity index (χ0) is 12.8. The molecule has 1 amide bonds. The van der Waals surface area contributed by atoms with Crippen molar-refractivity contribution in [3.05, 3.63) is 23.8 Å². The molecule has 0 aliphatic heterocycles. The Hall–Kier alpha value is -1.42. The van der Waals surface area contributed by atoms with Gasteiger partial charge in [0, 0.05) is 11.9 Å². The van der Waals surface area contributed by atoms with E-state index >= 15 is 0 Å². The number of methoxy groups -OCH3 is 2. The van der Waals surface area contributed by atoms with Crippen LogP contribution in [-0.4, -0.2) is 32.0 Å². The van der Waals surface area contributed by atoms with Crippen molar-refractivity contribution in [2.24, 2.45) is 0 Å². The normalized spacial score (nSPS) is 11.8. The van der Waals surface area contributed by atoms with E-state index in [4.69, 9.17) is 21.1 Å². The molecule has 1 aromatic carbocycles. The molecule has 0 aromatic heterocycles. The summed E-state index contributed by atoms with van der Waals surface area (Å²) in [6, 6.07) is 5.06. The van der Waals surface area contributed by atoms with E-state index in [1.54, 1.807) is 18.2 Å². The van der Waals surface area contributed by atoms with Crippen molar-refractivity contribution in [1.29, 1.82) is 0 Å². The van der Waals surface area contributed by atoms with Crippen molar-refractivity contribution in [1.82, 2.24) is 5.32 Å². The van der Waals surface area contributed by atoms with Gasteiger partial charge in [-0.15, -0.1) is 11.6 Å². The van der Waals surface area contributed by atoms with Crippen LogP contribution in [0.3, 0.4) is 0 Å². The molecular weight excluding hydrogens is 242 g/mol. The molecule has 94 valence electrons. The maximum absolute atomic E-state index is 12.0. The number of carbonyl (C=O) groups excluding carboxylic acids is 1. The number of rotatable bonds is 5. The van der Waals surface area contributed by atoms with Crippen molar-refractivity contribution in [2.45, 2.75) is 13.0 Å². The van der Waals surface area contributed by atoms with Crippen LogP contribution in [0.5, 0.6) is 11.5 Å². The minimum absolute atomic E-state index is 0.0972. The highest BCUT2D eigenvalue weighted by Gasteiger charge is 2.17. The summed E-state index contributed by atoms with van der Waals surface area (Å²) in [6.45, 7) is 1.83. The number of amides is 1. The summed E-state index contributed by atoms with van der Waals surface area (Å²) >= 11 is 5.65. The van der Waals surface area contributed by atoms with Crippen LogP contribution >= 0.6 is 11.6 Å². The average Bonchev–Trinajstić information content (AvgIpc) is 2.37. The number of carbonyl (C=O) groups is 1. The fraction of sp³-hybridized carbons (Fsp3) is 0.417. The highest BCUT2D eigenvalue weighted by molar-refractivity contribution is 6.18. The molecule has 0 fully saturated rings. The molecule has 4 nitrogen and oxygen atoms in total. The molecule has 1 aromatic rings. The van der Waals surface area contributed by atoms with Crippen LogP contribution in [-0.2, 0) is 0 Å². The van der Waals surface area contributed by atoms with Gasteiger partial charge in [-0.05, 0) is 19.1 Å². The van der Waals surface area contributed by atoms with Gasteiger partial charge >= 0.3 is 0 Å². The first kappa shape index (κ1) is 13.6. The summed E-state index contributed by atoms with van der Waals surface area (Å²) in [7, 11) is 3.03. The predicted octanol–water partition coefficient (Wildman–Crippen LogP) is 2.06. The van der Waals surface area contributed by atoms with Crippen LogP contribution in [0.4, 0.5) is 0 Å². The zero-order valence-electron chi connectivity index (χ0n) is 10.1. The third-order valence-electron chi connectivity index (χ3n) is 2.26. The number of alkyl halides is 1. The first-order valence-electron chi connectivity index (χ1n) is 5.21. The number of halogens is 1. The molecule has 0 spiro atoms. The lowest BCUT2D eigenvalue weighted by atomic mass is 10.1. The highest BCUT2D eigenvalue weighted by atomic mass is 35.5. The second-order valence-corrected chi connectivity index (χ2v) is 3.88. The first-order chi connectivity index (χ1) is 8.13. The van der Waals surface area contributed by atoms with Gasteiger partial charge in [0.25, 0.3) is 5.91 Å². The fourth-order valence-electron chi connectivity index (χ4n) is 1.41. The summed E-state index contributed by atoms with van der Waals surface area (Å²) in [5, 5.41) is 2.77. The number of para-hydroxylation sites is 1. The summed E-state index contributed by atoms with van der Waals surface area (Å²) in [4.78, 5) is 12.0. The van der Waals surface area contributed by atoms with E-state index in [0.29, 0.717) is 22.9 Å². The van der Waals surface area contributed by atoms with Gasteiger partial charge in [0.15, 0.2) is 11.5 Å². The molecule has 1 N–H and O–H groups in total. The Balaban J connectivity index is 3.00. The van der Waals surface area contributed by atoms with Crippen molar-refractivity contribution in [3.8, 4) is 11.5 Å². The van der Waals surface area contributed by atoms with Gasteiger partial charge in [-0.1, -0.05) is 6.07 Å². The summed E-state index contributed by atoms with van der Waals surface area (Å²) in [6.07, 6.45) is 0. The Bertz CT molecular complexity index is 395. The molecule has 1 rings (SSSR count). The summed E-state index contributed by atoms with van der Waals surface area (Å²) in [5.74, 6) is 1.08. The van der Waals surface area contributed by atoms with E-state index in [2.05, 4.69) is 5.32 Å². The van der Waals surface area contributed by atoms with Gasteiger partial charge in [0.2, 0.25) is 0 Å². The predicted molar refractivity (Wildman–Crippen MR) is 67.2 cm³/mol. The molecule has 0 bridgehead atoms. The second kappa shape index (κ2) is 6.35. The van der Waals surface area contributed by atoms with Crippen molar-refractivity contribution >= 4 is 17.5 Å². The molecule has 5 heteroatoms. The van der Waals surface area contributed by atoms with Gasteiger partial charge in [0.1, 0.15) is 0 Å². The second-order valence-electron chi connectivity index (χ2n) is 3.57. The zero-order valence-corrected chi connectivity index (χ0v) is 10.9. The standard InChI is InChI=1S/C12H16ClNO3/c1-8(7-13)14-12(15)9-5-4-6-10(16-2)11(9)17-3/h4-6,8H,7H2,1-3H3,(H,14,15). The van der Waals surface area contributed by atoms with Crippen LogP contribution in [0, 0.1) is 0 Å². The molecule has 1 unspecified atom stereocenters. The van der Waals surface area contributed by atoms with Gasteiger partial charge < -0.3 is 14.8 Å². The van der Waals surface area contributed by atoms with Crippen LogP contribution in [0.25, 0.3) is 0 Å². The maximum atomic E-state index is 12.0. The lowest BCUT2D eigenvalue weighted by Crippen LogP contribution is -2.33. The molecule has 0 heterocycles. The van der Waals surface area contributed by atoms with Crippen molar-refractivity contribution < 1.29 is 14.3 Å². The molecule has 1 atom stereocenters. The molecular formula is C12H16ClNO3. The smallest absolute Gasteiger partial charge is 0.255 e. The van der Waals surface area contributed by atoms with E-state index in [9.17, 15) is 4.79 Å². The van der Waals surface area contributed by atoms with Crippen LogP contribution < -0.4 is 14.8 Å². The molecule has 0 radical (unpaired) electrons. The van der Waals surface area contributed by atoms with E-state index in [1.807, 2.05) is 6.92 Å². The Kier molecular flexibility index (Phi) is 5.10. The molecule has 17 heavy (non-hydrogen) atoms. The third-order valence-corrected chi connectivity index (χ3v) is 2.72. The SMILES string of the molecule is COc1cccc(C(=O)NC(C)CCl)c1OC. The Morgan fingerprint density at radius 3 is 2.65 bits per heavy atom. The maximum Gasteiger partial charge on any atom is 0.255 e. The number of nitrogens with one attached hydrogen (secondary N) is 1. The van der Waals surface area contributed by atoms with Gasteiger partial charge in [-0.3, -0.25) is 4.79 Å². The van der Waals surface area contributed by atoms with Gasteiger partial charge in [0.05, 0.1) is 19.8 Å². The molecule has 0 aliphatic carbocycles. The average molecular weight is 258 g/mol. The molecule has 0 aliphatic rings. The van der Waals surface area contributed by atoms with Crippen LogP contribution in [0.1, 0.15) is 17.3 Å². The highest BCUT2D eigenvalue weighted by Crippen LogP contribution is 2.30. The summed E-state index contributed by atoms with van der Waals surface area (Å²) in [5.41, 5.74) is 0.434. The number of hydrogen-bond acceptors (Lipinski definition) is 3. The van der Waals surface area contributed by atoms with Crippen molar-refractivity contribution in [3.63, 3.8) is 0 Å². The fourth-order valence-corrected chi connectivity index (χ4v) is 1.48. The minimum Gasteiger partial charge on any atom is -0.493 e. The van der Waals surface area contributed by atoms with Crippen LogP contribution in [0.2, 0.25) is 0 Å². The van der Waals surface area contributed by atoms with Gasteiger partial charge in [-0.25, -0.2) is 0 Å². The molecule has 0 saturated heterocycles. The Labute approximate surface area is 106 Å². The van der Waals surface area contributed by atoms with Gasteiger partial charge in [-0.2, -0.15) is 0 Å². The van der Waals surface area contributed by atoms with E-state index in [1.165, 1.54) is 14.2 Å². The number of ether oxygens (including phenoxy) is 2. The quantitative estimate of drug-likeness (QED) is 0.822. The summed E-state index contributed by atoms with van der Waals surface area (Å²) < 4.78 is 10.3. The number of hydrogen-bond donors (Lipinski definition) is 1. The minimum atomic E-state index is -0.228. The third kappa shape index (κ3) is 3.27. The Morgan fingerprint density at radius 2 is 2.12 bits per heavy atom. The van der Waals surface area contributed by atoms with E-state index in [0.717, 1.165) is 0 Å². The monoisotopic (exact) mass is 257 g/mol. The number of benzene rings is 1. The topological polar surface area (TPSA) is 47.6 Å². The molecule has 0 saturated carbocycles. The van der Waals surface area contributed by atoms with E-state index < -0.39 is 0 Å². The Morgan fingerprint density at radius 1 is 1.41 bits per heavy atom. The van der Waals surface area contributed by atoms with Crippen molar-refractivity contribution in [2.75, 3.05) is 20.1 Å². The lowest BCUT2D eigenvalue weighted by molar-refractivity contribution is 0.0940. The van der Waals surface area contributed by atoms with E-state index in [-0.39, 0.29) is 11.9 Å². The lowest BCUT2D eigenvalue weighted by Gasteiger charge is -2.14.